The summed E-state index contributed by atoms with van der Waals surface area (Å²) < 4.78 is 5.08. The van der Waals surface area contributed by atoms with Crippen molar-refractivity contribution in [3.8, 4) is 0 Å². The fourth-order valence-corrected chi connectivity index (χ4v) is 2.36. The van der Waals surface area contributed by atoms with E-state index in [1.165, 1.54) is 0 Å². The predicted molar refractivity (Wildman–Crippen MR) is 76.4 cm³/mol. The van der Waals surface area contributed by atoms with Gasteiger partial charge in [0.25, 0.3) is 5.91 Å². The maximum Gasteiger partial charge on any atom is 0.275 e. The van der Waals surface area contributed by atoms with E-state index in [1.807, 2.05) is 11.0 Å². The lowest BCUT2D eigenvalue weighted by atomic mass is 10.1. The molecule has 1 amide bonds. The van der Waals surface area contributed by atoms with Gasteiger partial charge < -0.3 is 15.4 Å². The average Bonchev–Trinajstić information content (AvgIpc) is 3.18. The van der Waals surface area contributed by atoms with Crippen molar-refractivity contribution < 1.29 is 9.53 Å². The van der Waals surface area contributed by atoms with Crippen LogP contribution in [0.25, 0.3) is 10.9 Å². The molecule has 0 saturated heterocycles. The quantitative estimate of drug-likeness (QED) is 0.807. The Kier molecular flexibility index (Phi) is 3.31. The van der Waals surface area contributed by atoms with Crippen molar-refractivity contribution in [3.05, 3.63) is 23.9 Å². The summed E-state index contributed by atoms with van der Waals surface area (Å²) in [5.41, 5.74) is 7.69. The van der Waals surface area contributed by atoms with Crippen molar-refractivity contribution in [1.29, 1.82) is 0 Å². The summed E-state index contributed by atoms with van der Waals surface area (Å²) in [5.74, 6) is -0.0543. The zero-order chi connectivity index (χ0) is 14.1. The van der Waals surface area contributed by atoms with E-state index in [2.05, 4.69) is 10.2 Å². The van der Waals surface area contributed by atoms with Gasteiger partial charge >= 0.3 is 0 Å². The van der Waals surface area contributed by atoms with Crippen molar-refractivity contribution in [3.63, 3.8) is 0 Å². The molecule has 1 aromatic carbocycles. The number of carbonyl (C=O) groups is 1. The van der Waals surface area contributed by atoms with Gasteiger partial charge in [-0.05, 0) is 31.0 Å². The first-order valence-electron chi connectivity index (χ1n) is 6.74. The second-order valence-corrected chi connectivity index (χ2v) is 5.10. The Balaban J connectivity index is 1.92. The molecule has 1 saturated carbocycles. The number of fused-ring (bicyclic) bond motifs is 1. The number of methoxy groups -OCH3 is 1. The number of aromatic nitrogens is 2. The normalized spacial score (nSPS) is 14.7. The smallest absolute Gasteiger partial charge is 0.275 e. The Morgan fingerprint density at radius 3 is 3.05 bits per heavy atom. The Hall–Kier alpha value is -2.08. The summed E-state index contributed by atoms with van der Waals surface area (Å²) >= 11 is 0. The zero-order valence-corrected chi connectivity index (χ0v) is 11.4. The fourth-order valence-electron chi connectivity index (χ4n) is 2.36. The third kappa shape index (κ3) is 2.34. The zero-order valence-electron chi connectivity index (χ0n) is 11.4. The molecule has 1 aromatic heterocycles. The van der Waals surface area contributed by atoms with Crippen molar-refractivity contribution in [2.45, 2.75) is 18.9 Å². The molecule has 6 nitrogen and oxygen atoms in total. The maximum atomic E-state index is 12.7. The topological polar surface area (TPSA) is 84.2 Å². The van der Waals surface area contributed by atoms with Crippen LogP contribution in [0.2, 0.25) is 0 Å². The number of nitrogens with two attached hydrogens (primary N) is 1. The molecule has 20 heavy (non-hydrogen) atoms. The number of carbonyl (C=O) groups excluding carboxylic acids is 1. The summed E-state index contributed by atoms with van der Waals surface area (Å²) in [6.07, 6.45) is 2.11. The number of rotatable bonds is 5. The number of nitrogen functional groups attached to an aromatic ring is 1. The molecule has 0 radical (unpaired) electrons. The molecule has 0 atom stereocenters. The van der Waals surface area contributed by atoms with Crippen LogP contribution in [0.15, 0.2) is 18.2 Å². The summed E-state index contributed by atoms with van der Waals surface area (Å²) in [6.45, 7) is 1.13. The van der Waals surface area contributed by atoms with Crippen LogP contribution in [0.4, 0.5) is 5.69 Å². The SMILES string of the molecule is COCCN(C(=O)c1n[nH]c2ccc(N)cc12)C1CC1. The van der Waals surface area contributed by atoms with Gasteiger partial charge in [0.15, 0.2) is 5.69 Å². The van der Waals surface area contributed by atoms with E-state index in [9.17, 15) is 4.79 Å². The van der Waals surface area contributed by atoms with Gasteiger partial charge in [0.2, 0.25) is 0 Å². The molecule has 106 valence electrons. The number of ether oxygens (including phenoxy) is 1. The highest BCUT2D eigenvalue weighted by molar-refractivity contribution is 6.05. The lowest BCUT2D eigenvalue weighted by molar-refractivity contribution is 0.0676. The van der Waals surface area contributed by atoms with Gasteiger partial charge in [0, 0.05) is 30.8 Å². The minimum Gasteiger partial charge on any atom is -0.399 e. The van der Waals surface area contributed by atoms with Crippen molar-refractivity contribution in [2.24, 2.45) is 0 Å². The summed E-state index contributed by atoms with van der Waals surface area (Å²) in [5, 5.41) is 7.82. The van der Waals surface area contributed by atoms with E-state index in [0.717, 1.165) is 23.7 Å². The van der Waals surface area contributed by atoms with Crippen LogP contribution in [0.3, 0.4) is 0 Å². The molecule has 0 aliphatic heterocycles. The molecule has 0 bridgehead atoms. The molecule has 1 aliphatic carbocycles. The predicted octanol–water partition coefficient (Wildman–Crippen LogP) is 1.40. The van der Waals surface area contributed by atoms with Crippen molar-refractivity contribution >= 4 is 22.5 Å². The molecular formula is C14H18N4O2. The fraction of sp³-hybridized carbons (Fsp3) is 0.429. The van der Waals surface area contributed by atoms with Crippen LogP contribution in [0.1, 0.15) is 23.3 Å². The molecule has 2 aromatic rings. The van der Waals surface area contributed by atoms with Crippen LogP contribution in [0.5, 0.6) is 0 Å². The van der Waals surface area contributed by atoms with E-state index in [-0.39, 0.29) is 5.91 Å². The minimum absolute atomic E-state index is 0.0543. The number of hydrogen-bond acceptors (Lipinski definition) is 4. The highest BCUT2D eigenvalue weighted by Crippen LogP contribution is 2.29. The molecule has 0 unspecified atom stereocenters. The standard InChI is InChI=1S/C14H18N4O2/c1-20-7-6-18(10-3-4-10)14(19)13-11-8-9(15)2-5-12(11)16-17-13/h2,5,8,10H,3-4,6-7,15H2,1H3,(H,16,17). The monoisotopic (exact) mass is 274 g/mol. The molecule has 0 spiro atoms. The maximum absolute atomic E-state index is 12.7. The van der Waals surface area contributed by atoms with Crippen LogP contribution >= 0.6 is 0 Å². The first-order valence-corrected chi connectivity index (χ1v) is 6.74. The Bertz CT molecular complexity index is 633. The average molecular weight is 274 g/mol. The van der Waals surface area contributed by atoms with Gasteiger partial charge in [-0.3, -0.25) is 9.89 Å². The summed E-state index contributed by atoms with van der Waals surface area (Å²) in [6, 6.07) is 5.74. The lowest BCUT2D eigenvalue weighted by Crippen LogP contribution is -2.36. The molecule has 1 fully saturated rings. The number of benzene rings is 1. The number of nitrogens with one attached hydrogen (secondary N) is 1. The summed E-state index contributed by atoms with van der Waals surface area (Å²) in [7, 11) is 1.64. The van der Waals surface area contributed by atoms with Crippen LogP contribution < -0.4 is 5.73 Å². The van der Waals surface area contributed by atoms with Gasteiger partial charge in [-0.1, -0.05) is 0 Å². The number of anilines is 1. The highest BCUT2D eigenvalue weighted by Gasteiger charge is 2.34. The third-order valence-electron chi connectivity index (χ3n) is 3.57. The molecular weight excluding hydrogens is 256 g/mol. The second kappa shape index (κ2) is 5.13. The number of amides is 1. The molecule has 1 heterocycles. The number of H-pyrrole nitrogens is 1. The third-order valence-corrected chi connectivity index (χ3v) is 3.57. The van der Waals surface area contributed by atoms with Crippen LogP contribution in [-0.2, 0) is 4.74 Å². The van der Waals surface area contributed by atoms with E-state index in [0.29, 0.717) is 30.6 Å². The molecule has 6 heteroatoms. The molecule has 3 rings (SSSR count). The van der Waals surface area contributed by atoms with Gasteiger partial charge in [0.05, 0.1) is 12.1 Å². The largest absolute Gasteiger partial charge is 0.399 e. The first kappa shape index (κ1) is 12.9. The van der Waals surface area contributed by atoms with Crippen LogP contribution in [0, 0.1) is 0 Å². The Morgan fingerprint density at radius 2 is 2.35 bits per heavy atom. The molecule has 3 N–H and O–H groups in total. The number of nitrogens with zero attached hydrogens (tertiary/aromatic N) is 2. The second-order valence-electron chi connectivity index (χ2n) is 5.10. The Labute approximate surface area is 116 Å². The first-order chi connectivity index (χ1) is 9.70. The van der Waals surface area contributed by atoms with Gasteiger partial charge in [0.1, 0.15) is 0 Å². The lowest BCUT2D eigenvalue weighted by Gasteiger charge is -2.21. The summed E-state index contributed by atoms with van der Waals surface area (Å²) in [4.78, 5) is 14.5. The Morgan fingerprint density at radius 1 is 1.55 bits per heavy atom. The molecule has 1 aliphatic rings. The van der Waals surface area contributed by atoms with Crippen LogP contribution in [-0.4, -0.2) is 47.3 Å². The van der Waals surface area contributed by atoms with Crippen molar-refractivity contribution in [2.75, 3.05) is 26.0 Å². The number of hydrogen-bond donors (Lipinski definition) is 2. The minimum atomic E-state index is -0.0543. The van der Waals surface area contributed by atoms with E-state index in [1.54, 1.807) is 19.2 Å². The van der Waals surface area contributed by atoms with E-state index >= 15 is 0 Å². The van der Waals surface area contributed by atoms with Gasteiger partial charge in [-0.25, -0.2) is 0 Å². The van der Waals surface area contributed by atoms with Crippen molar-refractivity contribution in [1.82, 2.24) is 15.1 Å². The number of aromatic amines is 1. The van der Waals surface area contributed by atoms with E-state index < -0.39 is 0 Å². The van der Waals surface area contributed by atoms with E-state index in [4.69, 9.17) is 10.5 Å². The van der Waals surface area contributed by atoms with Gasteiger partial charge in [-0.2, -0.15) is 5.10 Å². The van der Waals surface area contributed by atoms with Gasteiger partial charge in [-0.15, -0.1) is 0 Å². The highest BCUT2D eigenvalue weighted by atomic mass is 16.5.